The summed E-state index contributed by atoms with van der Waals surface area (Å²) >= 11 is 1.35. The van der Waals surface area contributed by atoms with Crippen molar-refractivity contribution in [3.63, 3.8) is 0 Å². The van der Waals surface area contributed by atoms with Gasteiger partial charge in [-0.05, 0) is 56.9 Å². The van der Waals surface area contributed by atoms with E-state index >= 15 is 0 Å². The highest BCUT2D eigenvalue weighted by atomic mass is 32.1. The fourth-order valence-electron chi connectivity index (χ4n) is 4.78. The Balaban J connectivity index is 1.26. The normalized spacial score (nSPS) is 22.5. The summed E-state index contributed by atoms with van der Waals surface area (Å²) in [6, 6.07) is 8.10. The van der Waals surface area contributed by atoms with E-state index in [1.165, 1.54) is 16.9 Å². The van der Waals surface area contributed by atoms with Gasteiger partial charge in [0.05, 0.1) is 17.8 Å². The largest absolute Gasteiger partial charge is 0.397 e. The average molecular weight is 467 g/mol. The summed E-state index contributed by atoms with van der Waals surface area (Å²) in [5.74, 6) is 0.828. The van der Waals surface area contributed by atoms with E-state index in [1.807, 2.05) is 26.0 Å². The van der Waals surface area contributed by atoms with Crippen LogP contribution in [0.4, 0.5) is 11.5 Å². The zero-order chi connectivity index (χ0) is 23.1. The van der Waals surface area contributed by atoms with Gasteiger partial charge < -0.3 is 26.4 Å². The molecule has 2 aliphatic rings. The predicted octanol–water partition coefficient (Wildman–Crippen LogP) is 2.42. The Morgan fingerprint density at radius 3 is 2.94 bits per heavy atom. The Hall–Kier alpha value is -2.75. The van der Waals surface area contributed by atoms with Gasteiger partial charge >= 0.3 is 0 Å². The number of nitrogens with one attached hydrogen (secondary N) is 1. The van der Waals surface area contributed by atoms with Crippen LogP contribution < -0.4 is 21.7 Å². The van der Waals surface area contributed by atoms with E-state index in [2.05, 4.69) is 27.3 Å². The smallest absolute Gasteiger partial charge is 0.263 e. The molecule has 5 N–H and O–H groups in total. The zero-order valence-electron chi connectivity index (χ0n) is 19.0. The Morgan fingerprint density at radius 2 is 2.12 bits per heavy atom. The van der Waals surface area contributed by atoms with Crippen molar-refractivity contribution >= 4 is 39.0 Å². The second-order valence-corrected chi connectivity index (χ2v) is 9.90. The van der Waals surface area contributed by atoms with Crippen molar-refractivity contribution < 1.29 is 9.53 Å². The molecule has 3 aromatic rings. The molecule has 1 aliphatic carbocycles. The van der Waals surface area contributed by atoms with Crippen LogP contribution in [-0.4, -0.2) is 53.8 Å². The van der Waals surface area contributed by atoms with Crippen LogP contribution in [0.15, 0.2) is 24.3 Å². The van der Waals surface area contributed by atoms with Crippen LogP contribution in [0.3, 0.4) is 0 Å². The predicted molar refractivity (Wildman–Crippen MR) is 132 cm³/mol. The maximum absolute atomic E-state index is 13.0. The number of nitrogens with two attached hydrogens (primary N) is 2. The molecule has 3 aromatic heterocycles. The first kappa shape index (κ1) is 22.1. The molecule has 0 bridgehead atoms. The minimum Gasteiger partial charge on any atom is -0.397 e. The molecular weight excluding hydrogens is 436 g/mol. The Bertz CT molecular complexity index is 1200. The van der Waals surface area contributed by atoms with Gasteiger partial charge in [-0.2, -0.15) is 0 Å². The number of nitrogen functional groups attached to an aromatic ring is 1. The van der Waals surface area contributed by atoms with E-state index in [0.29, 0.717) is 17.2 Å². The van der Waals surface area contributed by atoms with Crippen LogP contribution in [0, 0.1) is 6.92 Å². The maximum atomic E-state index is 13.0. The maximum Gasteiger partial charge on any atom is 0.263 e. The van der Waals surface area contributed by atoms with Crippen molar-refractivity contribution in [3.8, 4) is 0 Å². The molecule has 33 heavy (non-hydrogen) atoms. The zero-order valence-corrected chi connectivity index (χ0v) is 19.8. The third kappa shape index (κ3) is 4.28. The van der Waals surface area contributed by atoms with Gasteiger partial charge in [0, 0.05) is 42.5 Å². The molecule has 1 amide bonds. The number of aromatic nitrogens is 2. The number of hydrogen-bond acceptors (Lipinski definition) is 8. The number of anilines is 2. The van der Waals surface area contributed by atoms with Crippen molar-refractivity contribution in [2.24, 2.45) is 5.73 Å². The molecule has 9 heteroatoms. The van der Waals surface area contributed by atoms with E-state index < -0.39 is 0 Å². The van der Waals surface area contributed by atoms with Gasteiger partial charge in [0.25, 0.3) is 5.91 Å². The van der Waals surface area contributed by atoms with Crippen LogP contribution in [0.2, 0.25) is 0 Å². The van der Waals surface area contributed by atoms with E-state index in [9.17, 15) is 4.79 Å². The summed E-state index contributed by atoms with van der Waals surface area (Å²) in [7, 11) is 0. The molecule has 1 aliphatic heterocycles. The number of ether oxygens (including phenoxy) is 1. The molecule has 0 unspecified atom stereocenters. The number of fused-ring (bicyclic) bond motifs is 2. The fraction of sp³-hybridized carbons (Fsp3) is 0.458. The average Bonchev–Trinajstić information content (AvgIpc) is 3.33. The Morgan fingerprint density at radius 1 is 1.27 bits per heavy atom. The lowest BCUT2D eigenvalue weighted by atomic mass is 9.91. The number of rotatable bonds is 5. The molecule has 4 heterocycles. The van der Waals surface area contributed by atoms with Gasteiger partial charge in [-0.25, -0.2) is 9.97 Å². The SMILES string of the molecule is CCO[C@@H]1CN(c2ccc3c(n2)CC[C@H](NC(=O)c2sc4nc(C)ccc4c2N)C3)C[C@@H]1N. The lowest BCUT2D eigenvalue weighted by Gasteiger charge is -2.26. The lowest BCUT2D eigenvalue weighted by Crippen LogP contribution is -2.39. The number of aryl methyl sites for hydroxylation is 2. The third-order valence-corrected chi connectivity index (χ3v) is 7.65. The molecule has 174 valence electrons. The first-order valence-corrected chi connectivity index (χ1v) is 12.3. The third-order valence-electron chi connectivity index (χ3n) is 6.54. The molecular formula is C24H30N6O2S. The molecule has 0 aromatic carbocycles. The number of nitrogens with zero attached hydrogens (tertiary/aromatic N) is 3. The number of hydrogen-bond donors (Lipinski definition) is 3. The summed E-state index contributed by atoms with van der Waals surface area (Å²) in [4.78, 5) is 26.0. The quantitative estimate of drug-likeness (QED) is 0.528. The Kier molecular flexibility index (Phi) is 5.94. The Labute approximate surface area is 197 Å². The second kappa shape index (κ2) is 8.89. The minimum absolute atomic E-state index is 0.00262. The van der Waals surface area contributed by atoms with E-state index in [-0.39, 0.29) is 24.1 Å². The molecule has 0 spiro atoms. The van der Waals surface area contributed by atoms with Crippen LogP contribution in [0.25, 0.3) is 10.2 Å². The monoisotopic (exact) mass is 466 g/mol. The van der Waals surface area contributed by atoms with Gasteiger partial charge in [0.1, 0.15) is 15.5 Å². The lowest BCUT2D eigenvalue weighted by molar-refractivity contribution is 0.0680. The van der Waals surface area contributed by atoms with Gasteiger partial charge in [0.2, 0.25) is 0 Å². The minimum atomic E-state index is -0.126. The van der Waals surface area contributed by atoms with Crippen LogP contribution >= 0.6 is 11.3 Å². The molecule has 1 saturated heterocycles. The second-order valence-electron chi connectivity index (χ2n) is 8.90. The van der Waals surface area contributed by atoms with Crippen molar-refractivity contribution in [2.75, 3.05) is 30.3 Å². The highest BCUT2D eigenvalue weighted by molar-refractivity contribution is 7.21. The van der Waals surface area contributed by atoms with E-state index in [1.54, 1.807) is 0 Å². The summed E-state index contributed by atoms with van der Waals surface area (Å²) in [5.41, 5.74) is 16.2. The number of thiophene rings is 1. The number of pyridine rings is 2. The van der Waals surface area contributed by atoms with Gasteiger partial charge in [0.15, 0.2) is 0 Å². The van der Waals surface area contributed by atoms with Gasteiger partial charge in [-0.15, -0.1) is 11.3 Å². The number of carbonyl (C=O) groups is 1. The summed E-state index contributed by atoms with van der Waals surface area (Å²) in [6.07, 6.45) is 2.48. The standard InChI is InChI=1S/C24H30N6O2S/c1-3-32-19-12-30(11-17(19)25)20-9-5-14-10-15(6-8-18(14)29-20)28-23(31)22-21(26)16-7-4-13(2)27-24(16)33-22/h4-5,7,9,15,17,19H,3,6,8,10-12,25-26H2,1-2H3,(H,28,31)/t15-,17-,19+/m0/s1. The molecule has 5 rings (SSSR count). The summed E-state index contributed by atoms with van der Waals surface area (Å²) in [6.45, 7) is 6.11. The topological polar surface area (TPSA) is 119 Å². The molecule has 8 nitrogen and oxygen atoms in total. The van der Waals surface area contributed by atoms with Crippen molar-refractivity contribution in [1.29, 1.82) is 0 Å². The van der Waals surface area contributed by atoms with E-state index in [4.69, 9.17) is 21.2 Å². The van der Waals surface area contributed by atoms with Crippen molar-refractivity contribution in [1.82, 2.24) is 15.3 Å². The molecule has 3 atom stereocenters. The van der Waals surface area contributed by atoms with Crippen LogP contribution in [-0.2, 0) is 17.6 Å². The molecule has 0 saturated carbocycles. The van der Waals surface area contributed by atoms with Crippen molar-refractivity contribution in [2.45, 2.75) is 51.3 Å². The molecule has 0 radical (unpaired) electrons. The van der Waals surface area contributed by atoms with E-state index in [0.717, 1.165) is 59.8 Å². The first-order valence-electron chi connectivity index (χ1n) is 11.5. The number of carbonyl (C=O) groups excluding carboxylic acids is 1. The van der Waals surface area contributed by atoms with Crippen LogP contribution in [0.5, 0.6) is 0 Å². The molecule has 1 fully saturated rings. The highest BCUT2D eigenvalue weighted by Gasteiger charge is 2.32. The first-order chi connectivity index (χ1) is 15.9. The van der Waals surface area contributed by atoms with Gasteiger partial charge in [-0.1, -0.05) is 6.07 Å². The summed E-state index contributed by atoms with van der Waals surface area (Å²) in [5, 5.41) is 4.02. The van der Waals surface area contributed by atoms with Crippen LogP contribution in [0.1, 0.15) is 40.0 Å². The van der Waals surface area contributed by atoms with Crippen molar-refractivity contribution in [3.05, 3.63) is 46.1 Å². The highest BCUT2D eigenvalue weighted by Crippen LogP contribution is 2.33. The van der Waals surface area contributed by atoms with Gasteiger partial charge in [-0.3, -0.25) is 4.79 Å². The number of amides is 1. The summed E-state index contributed by atoms with van der Waals surface area (Å²) < 4.78 is 5.75. The fourth-order valence-corrected chi connectivity index (χ4v) is 5.83.